The minimum atomic E-state index is 0.588. The lowest BCUT2D eigenvalue weighted by Gasteiger charge is -2.02. The van der Waals surface area contributed by atoms with E-state index in [0.29, 0.717) is 29.6 Å². The molecule has 7 heteroatoms. The van der Waals surface area contributed by atoms with Gasteiger partial charge in [-0.1, -0.05) is 11.6 Å². The van der Waals surface area contributed by atoms with Gasteiger partial charge in [-0.25, -0.2) is 4.68 Å². The summed E-state index contributed by atoms with van der Waals surface area (Å²) < 4.78 is 1.68. The number of halogens is 1. The van der Waals surface area contributed by atoms with Gasteiger partial charge in [-0.3, -0.25) is 4.98 Å². The van der Waals surface area contributed by atoms with E-state index in [0.717, 1.165) is 6.42 Å². The summed E-state index contributed by atoms with van der Waals surface area (Å²) in [6.07, 6.45) is 2.39. The van der Waals surface area contributed by atoms with Crippen LogP contribution in [0.3, 0.4) is 0 Å². The smallest absolute Gasteiger partial charge is 0.200 e. The third kappa shape index (κ3) is 2.34. The molecule has 16 heavy (non-hydrogen) atoms. The van der Waals surface area contributed by atoms with Crippen LogP contribution < -0.4 is 5.73 Å². The molecule has 6 nitrogen and oxygen atoms in total. The fourth-order valence-corrected chi connectivity index (χ4v) is 1.40. The highest BCUT2D eigenvalue weighted by atomic mass is 35.5. The molecule has 0 atom stereocenters. The van der Waals surface area contributed by atoms with Crippen LogP contribution in [0.5, 0.6) is 0 Å². The van der Waals surface area contributed by atoms with Crippen LogP contribution in [0.1, 0.15) is 6.42 Å². The first-order valence-corrected chi connectivity index (χ1v) is 5.27. The number of pyridine rings is 1. The Kier molecular flexibility index (Phi) is 3.43. The average Bonchev–Trinajstić information content (AvgIpc) is 2.75. The Morgan fingerprint density at radius 2 is 2.25 bits per heavy atom. The van der Waals surface area contributed by atoms with Crippen molar-refractivity contribution in [2.75, 3.05) is 6.54 Å². The molecular weight excluding hydrogens is 228 g/mol. The van der Waals surface area contributed by atoms with E-state index >= 15 is 0 Å². The van der Waals surface area contributed by atoms with Crippen LogP contribution in [0, 0.1) is 0 Å². The second-order valence-corrected chi connectivity index (χ2v) is 3.67. The Morgan fingerprint density at radius 3 is 2.94 bits per heavy atom. The molecule has 2 aromatic rings. The van der Waals surface area contributed by atoms with Gasteiger partial charge in [0.25, 0.3) is 0 Å². The molecule has 2 aromatic heterocycles. The molecule has 0 fully saturated rings. The molecule has 2 N–H and O–H groups in total. The van der Waals surface area contributed by atoms with E-state index < -0.39 is 0 Å². The first kappa shape index (κ1) is 11.0. The Labute approximate surface area is 97.4 Å². The number of nitrogens with two attached hydrogens (primary N) is 1. The van der Waals surface area contributed by atoms with E-state index in [9.17, 15) is 0 Å². The van der Waals surface area contributed by atoms with E-state index in [1.54, 1.807) is 23.0 Å². The Bertz CT molecular complexity index is 451. The van der Waals surface area contributed by atoms with Crippen molar-refractivity contribution >= 4 is 11.6 Å². The van der Waals surface area contributed by atoms with E-state index in [-0.39, 0.29) is 0 Å². The Balaban J connectivity index is 2.26. The van der Waals surface area contributed by atoms with Gasteiger partial charge in [0.2, 0.25) is 5.82 Å². The van der Waals surface area contributed by atoms with E-state index in [1.807, 2.05) is 0 Å². The molecule has 0 bridgehead atoms. The Morgan fingerprint density at radius 1 is 1.38 bits per heavy atom. The zero-order valence-corrected chi connectivity index (χ0v) is 9.30. The molecule has 0 spiro atoms. The maximum atomic E-state index is 5.76. The van der Waals surface area contributed by atoms with Crippen molar-refractivity contribution in [2.45, 2.75) is 13.0 Å². The van der Waals surface area contributed by atoms with Crippen molar-refractivity contribution in [1.29, 1.82) is 0 Å². The van der Waals surface area contributed by atoms with Gasteiger partial charge in [-0.15, -0.1) is 5.10 Å². The summed E-state index contributed by atoms with van der Waals surface area (Å²) in [6, 6.07) is 3.54. The fourth-order valence-electron chi connectivity index (χ4n) is 1.29. The van der Waals surface area contributed by atoms with Crippen molar-refractivity contribution < 1.29 is 0 Å². The van der Waals surface area contributed by atoms with Crippen LogP contribution in [-0.2, 0) is 6.54 Å². The highest BCUT2D eigenvalue weighted by molar-refractivity contribution is 6.30. The third-order valence-corrected chi connectivity index (χ3v) is 2.29. The van der Waals surface area contributed by atoms with Crippen molar-refractivity contribution in [3.63, 3.8) is 0 Å². The number of hydrogen-bond acceptors (Lipinski definition) is 5. The predicted molar refractivity (Wildman–Crippen MR) is 59.7 cm³/mol. The number of rotatable bonds is 4. The summed E-state index contributed by atoms with van der Waals surface area (Å²) in [4.78, 5) is 4.16. The molecule has 84 valence electrons. The molecule has 0 unspecified atom stereocenters. The summed E-state index contributed by atoms with van der Waals surface area (Å²) >= 11 is 5.76. The molecule has 0 aliphatic rings. The summed E-state index contributed by atoms with van der Waals surface area (Å²) in [5.74, 6) is 0.630. The van der Waals surface area contributed by atoms with Gasteiger partial charge in [0.05, 0.1) is 5.02 Å². The Hall–Kier alpha value is -1.53. The number of hydrogen-bond donors (Lipinski definition) is 1. The highest BCUT2D eigenvalue weighted by Gasteiger charge is 2.09. The first-order chi connectivity index (χ1) is 7.81. The number of tetrazole rings is 1. The van der Waals surface area contributed by atoms with Crippen LogP contribution in [-0.4, -0.2) is 31.7 Å². The van der Waals surface area contributed by atoms with Gasteiger partial charge in [0, 0.05) is 12.7 Å². The van der Waals surface area contributed by atoms with Gasteiger partial charge in [0.1, 0.15) is 5.69 Å². The topological polar surface area (TPSA) is 82.5 Å². The predicted octanol–water partition coefficient (Wildman–Crippen LogP) is 0.737. The van der Waals surface area contributed by atoms with E-state index in [4.69, 9.17) is 17.3 Å². The molecule has 2 rings (SSSR count). The largest absolute Gasteiger partial charge is 0.330 e. The summed E-state index contributed by atoms with van der Waals surface area (Å²) in [6.45, 7) is 1.29. The molecular formula is C9H11ClN6. The average molecular weight is 239 g/mol. The molecule has 0 aliphatic carbocycles. The lowest BCUT2D eigenvalue weighted by molar-refractivity contribution is 0.568. The SMILES string of the molecule is NCCCn1nnnc1-c1ccc(Cl)cn1. The molecule has 0 aromatic carbocycles. The van der Waals surface area contributed by atoms with Crippen LogP contribution in [0.25, 0.3) is 11.5 Å². The van der Waals surface area contributed by atoms with Crippen LogP contribution in [0.2, 0.25) is 5.02 Å². The summed E-state index contributed by atoms with van der Waals surface area (Å²) in [5.41, 5.74) is 6.14. The quantitative estimate of drug-likeness (QED) is 0.850. The number of aromatic nitrogens is 5. The van der Waals surface area contributed by atoms with Gasteiger partial charge >= 0.3 is 0 Å². The van der Waals surface area contributed by atoms with Crippen molar-refractivity contribution in [1.82, 2.24) is 25.2 Å². The van der Waals surface area contributed by atoms with Crippen molar-refractivity contribution in [3.8, 4) is 11.5 Å². The van der Waals surface area contributed by atoms with Crippen molar-refractivity contribution in [2.24, 2.45) is 5.73 Å². The van der Waals surface area contributed by atoms with Gasteiger partial charge in [-0.2, -0.15) is 0 Å². The van der Waals surface area contributed by atoms with Crippen LogP contribution in [0.15, 0.2) is 18.3 Å². The van der Waals surface area contributed by atoms with Crippen LogP contribution in [0.4, 0.5) is 0 Å². The minimum Gasteiger partial charge on any atom is -0.330 e. The highest BCUT2D eigenvalue weighted by Crippen LogP contribution is 2.15. The van der Waals surface area contributed by atoms with E-state index in [2.05, 4.69) is 20.5 Å². The number of aryl methyl sites for hydroxylation is 1. The zero-order valence-electron chi connectivity index (χ0n) is 8.54. The molecule has 0 radical (unpaired) electrons. The maximum Gasteiger partial charge on any atom is 0.200 e. The molecule has 0 amide bonds. The zero-order chi connectivity index (χ0) is 11.4. The maximum absolute atomic E-state index is 5.76. The lowest BCUT2D eigenvalue weighted by atomic mass is 10.3. The molecule has 0 saturated heterocycles. The van der Waals surface area contributed by atoms with Crippen molar-refractivity contribution in [3.05, 3.63) is 23.4 Å². The van der Waals surface area contributed by atoms with E-state index in [1.165, 1.54) is 0 Å². The third-order valence-electron chi connectivity index (χ3n) is 2.06. The summed E-state index contributed by atoms with van der Waals surface area (Å²) in [5, 5.41) is 12.0. The normalized spacial score (nSPS) is 10.6. The molecule has 0 saturated carbocycles. The first-order valence-electron chi connectivity index (χ1n) is 4.89. The fraction of sp³-hybridized carbons (Fsp3) is 0.333. The number of nitrogens with zero attached hydrogens (tertiary/aromatic N) is 5. The lowest BCUT2D eigenvalue weighted by Crippen LogP contribution is -2.08. The molecule has 0 aliphatic heterocycles. The van der Waals surface area contributed by atoms with Crippen LogP contribution >= 0.6 is 11.6 Å². The second kappa shape index (κ2) is 5.00. The minimum absolute atomic E-state index is 0.588. The monoisotopic (exact) mass is 238 g/mol. The van der Waals surface area contributed by atoms with Gasteiger partial charge in [0.15, 0.2) is 0 Å². The van der Waals surface area contributed by atoms with Gasteiger partial charge in [-0.05, 0) is 35.5 Å². The standard InChI is InChI=1S/C9H11ClN6/c10-7-2-3-8(12-6-7)9-13-14-15-16(9)5-1-4-11/h2-3,6H,1,4-5,11H2. The molecule has 2 heterocycles. The summed E-state index contributed by atoms with van der Waals surface area (Å²) in [7, 11) is 0. The second-order valence-electron chi connectivity index (χ2n) is 3.23. The van der Waals surface area contributed by atoms with Gasteiger partial charge < -0.3 is 5.73 Å².